The Morgan fingerprint density at radius 1 is 0.500 bits per heavy atom. The van der Waals surface area contributed by atoms with Gasteiger partial charge in [-0.05, 0) is 54.5 Å². The van der Waals surface area contributed by atoms with E-state index in [9.17, 15) is 4.39 Å². The summed E-state index contributed by atoms with van der Waals surface area (Å²) in [6, 6.07) is 37.8. The molecule has 0 nitrogen and oxygen atoms in total. The average Bonchev–Trinajstić information content (AvgIpc) is 2.78. The van der Waals surface area contributed by atoms with Crippen molar-refractivity contribution in [1.29, 1.82) is 0 Å². The minimum Gasteiger partial charge on any atom is -0.206 e. The molecule has 28 heavy (non-hydrogen) atoms. The smallest absolute Gasteiger partial charge is 0.189 e. The molecule has 0 aliphatic heterocycles. The molecule has 0 aliphatic rings. The summed E-state index contributed by atoms with van der Waals surface area (Å²) in [4.78, 5) is 0. The summed E-state index contributed by atoms with van der Waals surface area (Å²) in [5, 5.41) is 3.49. The van der Waals surface area contributed by atoms with Gasteiger partial charge in [-0.15, -0.1) is 0 Å². The summed E-state index contributed by atoms with van der Waals surface area (Å²) in [7, 11) is -2.27. The molecule has 0 aromatic heterocycles. The fraction of sp³-hybridized carbons (Fsp3) is 0. The minimum absolute atomic E-state index is 0.290. The molecule has 0 aliphatic carbocycles. The number of hydrogen-bond acceptors (Lipinski definition) is 0. The summed E-state index contributed by atoms with van der Waals surface area (Å²) in [5.74, 6) is 2.88. The van der Waals surface area contributed by atoms with Gasteiger partial charge < -0.3 is 0 Å². The Balaban J connectivity index is 2.04. The van der Waals surface area contributed by atoms with Gasteiger partial charge in [0, 0.05) is 0 Å². The van der Waals surface area contributed by atoms with Crippen LogP contribution in [0.5, 0.6) is 0 Å². The maximum absolute atomic E-state index is 14.3. The van der Waals surface area contributed by atoms with Crippen LogP contribution in [0.3, 0.4) is 0 Å². The maximum Gasteiger partial charge on any atom is 0.189 e. The van der Waals surface area contributed by atoms with Gasteiger partial charge in [-0.1, -0.05) is 66.7 Å². The zero-order chi connectivity index (χ0) is 19.2. The van der Waals surface area contributed by atoms with E-state index in [1.807, 2.05) is 60.7 Å². The van der Waals surface area contributed by atoms with Crippen molar-refractivity contribution in [3.8, 4) is 11.6 Å². The lowest BCUT2D eigenvalue weighted by molar-refractivity contribution is 0.624. The number of rotatable bonds is 3. The Morgan fingerprint density at radius 2 is 0.893 bits per heavy atom. The summed E-state index contributed by atoms with van der Waals surface area (Å²) in [6.07, 6.45) is 0. The van der Waals surface area contributed by atoms with E-state index in [1.165, 1.54) is 6.07 Å². The topological polar surface area (TPSA) is 0 Å². The zero-order valence-corrected chi connectivity index (χ0v) is 16.2. The Bertz CT molecular complexity index is 1010. The third kappa shape index (κ3) is 3.48. The predicted octanol–water partition coefficient (Wildman–Crippen LogP) is 5.13. The molecule has 0 unspecified atom stereocenters. The fourth-order valence-electron chi connectivity index (χ4n) is 3.30. The van der Waals surface area contributed by atoms with Gasteiger partial charge in [0.1, 0.15) is 21.7 Å². The second-order valence-corrected chi connectivity index (χ2v) is 9.51. The van der Waals surface area contributed by atoms with Crippen LogP contribution in [-0.2, 0) is 0 Å². The first-order chi connectivity index (χ1) is 13.8. The highest BCUT2D eigenvalue weighted by atomic mass is 31.2. The highest BCUT2D eigenvalue weighted by molar-refractivity contribution is 7.99. The normalized spacial score (nSPS) is 10.8. The van der Waals surface area contributed by atoms with Gasteiger partial charge >= 0.3 is 0 Å². The molecular weight excluding hydrogens is 362 g/mol. The third-order valence-corrected chi connectivity index (χ3v) is 8.33. The Morgan fingerprint density at radius 3 is 1.32 bits per heavy atom. The summed E-state index contributed by atoms with van der Waals surface area (Å²) in [6.45, 7) is 0. The molecule has 0 radical (unpaired) electrons. The van der Waals surface area contributed by atoms with Gasteiger partial charge in [-0.2, -0.15) is 0 Å². The van der Waals surface area contributed by atoms with Crippen LogP contribution >= 0.6 is 7.26 Å². The first-order valence-corrected chi connectivity index (χ1v) is 10.9. The van der Waals surface area contributed by atoms with Crippen molar-refractivity contribution in [3.05, 3.63) is 127 Å². The van der Waals surface area contributed by atoms with Crippen molar-refractivity contribution < 1.29 is 4.39 Å². The van der Waals surface area contributed by atoms with Crippen LogP contribution in [0, 0.1) is 17.4 Å². The van der Waals surface area contributed by atoms with Gasteiger partial charge in [-0.25, -0.2) is 4.39 Å². The van der Waals surface area contributed by atoms with E-state index in [1.54, 1.807) is 12.1 Å². The summed E-state index contributed by atoms with van der Waals surface area (Å²) < 4.78 is 14.3. The molecule has 0 fully saturated rings. The van der Waals surface area contributed by atoms with Crippen LogP contribution in [-0.4, -0.2) is 0 Å². The molecule has 0 saturated carbocycles. The summed E-state index contributed by atoms with van der Waals surface area (Å²) in [5.41, 5.74) is 3.99. The average molecular weight is 381 g/mol. The van der Waals surface area contributed by atoms with Gasteiger partial charge in [0.05, 0.1) is 11.2 Å². The molecule has 0 amide bonds. The van der Waals surface area contributed by atoms with Crippen LogP contribution in [0.1, 0.15) is 5.56 Å². The second kappa shape index (κ2) is 8.22. The van der Waals surface area contributed by atoms with Crippen molar-refractivity contribution in [2.24, 2.45) is 0 Å². The van der Waals surface area contributed by atoms with E-state index >= 15 is 0 Å². The lowest BCUT2D eigenvalue weighted by Gasteiger charge is -2.21. The molecule has 0 heterocycles. The first kappa shape index (κ1) is 18.2. The van der Waals surface area contributed by atoms with Crippen LogP contribution < -0.4 is 15.9 Å². The molecule has 4 aromatic carbocycles. The first-order valence-electron chi connectivity index (χ1n) is 9.14. The monoisotopic (exact) mass is 381 g/mol. The van der Waals surface area contributed by atoms with Crippen molar-refractivity contribution in [1.82, 2.24) is 0 Å². The van der Waals surface area contributed by atoms with Gasteiger partial charge in [-0.3, -0.25) is 0 Å². The van der Waals surface area contributed by atoms with Crippen LogP contribution in [0.15, 0.2) is 115 Å². The number of hydrogen-bond donors (Lipinski definition) is 0. The van der Waals surface area contributed by atoms with E-state index in [2.05, 4.69) is 48.0 Å². The van der Waals surface area contributed by atoms with Gasteiger partial charge in [0.25, 0.3) is 0 Å². The summed E-state index contributed by atoms with van der Waals surface area (Å²) >= 11 is 0. The second-order valence-electron chi connectivity index (χ2n) is 6.39. The molecule has 0 saturated heterocycles. The quantitative estimate of drug-likeness (QED) is 0.341. The van der Waals surface area contributed by atoms with Crippen LogP contribution in [0.2, 0.25) is 0 Å². The molecule has 0 N–H and O–H groups in total. The Hall–Kier alpha value is -3.20. The lowest BCUT2D eigenvalue weighted by Crippen LogP contribution is -2.29. The van der Waals surface area contributed by atoms with Gasteiger partial charge in [0.15, 0.2) is 7.26 Å². The fourth-order valence-corrected chi connectivity index (χ4v) is 6.73. The van der Waals surface area contributed by atoms with E-state index < -0.39 is 7.26 Å². The number of halogens is 1. The zero-order valence-electron chi connectivity index (χ0n) is 15.3. The van der Waals surface area contributed by atoms with Crippen molar-refractivity contribution in [2.75, 3.05) is 0 Å². The molecule has 4 aromatic rings. The third-order valence-electron chi connectivity index (χ3n) is 4.66. The molecule has 0 spiro atoms. The van der Waals surface area contributed by atoms with Crippen molar-refractivity contribution in [2.45, 2.75) is 0 Å². The van der Waals surface area contributed by atoms with E-state index in [4.69, 9.17) is 0 Å². The van der Waals surface area contributed by atoms with E-state index in [0.29, 0.717) is 5.56 Å². The molecule has 4 rings (SSSR count). The molecule has 0 bridgehead atoms. The molecule has 134 valence electrons. The van der Waals surface area contributed by atoms with Crippen LogP contribution in [0.4, 0.5) is 4.39 Å². The largest absolute Gasteiger partial charge is 0.206 e. The predicted molar refractivity (Wildman–Crippen MR) is 118 cm³/mol. The minimum atomic E-state index is -2.27. The van der Waals surface area contributed by atoms with Crippen molar-refractivity contribution in [3.63, 3.8) is 0 Å². The van der Waals surface area contributed by atoms with Crippen LogP contribution in [0.25, 0.3) is 0 Å². The highest BCUT2D eigenvalue weighted by Crippen LogP contribution is 2.54. The molecular formula is C26H19FP+. The van der Waals surface area contributed by atoms with E-state index in [0.717, 1.165) is 15.9 Å². The number of benzene rings is 4. The lowest BCUT2D eigenvalue weighted by atomic mass is 10.2. The standard InChI is InChI=1S/C26H19FP/c27-26-19-11-10-12-22(26)20-21-28(23-13-4-1-5-14-23,24-15-6-2-7-16-24)25-17-8-3-9-18-25/h1-19H/q+1. The van der Waals surface area contributed by atoms with Crippen molar-refractivity contribution >= 4 is 23.2 Å². The SMILES string of the molecule is Fc1ccccc1C#C[P+](c1ccccc1)(c1ccccc1)c1ccccc1. The Kier molecular flexibility index (Phi) is 5.34. The maximum atomic E-state index is 14.3. The molecule has 2 heteroatoms. The van der Waals surface area contributed by atoms with E-state index in [-0.39, 0.29) is 5.82 Å². The van der Waals surface area contributed by atoms with Gasteiger partial charge in [0.2, 0.25) is 0 Å². The molecule has 0 atom stereocenters. The Labute approximate surface area is 166 Å². The highest BCUT2D eigenvalue weighted by Gasteiger charge is 2.44.